The summed E-state index contributed by atoms with van der Waals surface area (Å²) in [6.45, 7) is 4.02. The predicted molar refractivity (Wildman–Crippen MR) is 73.7 cm³/mol. The molecule has 0 bridgehead atoms. The highest BCUT2D eigenvalue weighted by Crippen LogP contribution is 2.36. The lowest BCUT2D eigenvalue weighted by Gasteiger charge is -2.45. The Bertz CT molecular complexity index is 506. The Labute approximate surface area is 117 Å². The number of carbonyl (C=O) groups is 1. The molecule has 0 N–H and O–H groups in total. The first-order chi connectivity index (χ1) is 9.20. The molecule has 4 nitrogen and oxygen atoms in total. The van der Waals surface area contributed by atoms with Crippen LogP contribution in [0.3, 0.4) is 0 Å². The van der Waals surface area contributed by atoms with Crippen molar-refractivity contribution in [1.82, 2.24) is 4.98 Å². The van der Waals surface area contributed by atoms with Gasteiger partial charge in [0.15, 0.2) is 0 Å². The van der Waals surface area contributed by atoms with Crippen molar-refractivity contribution in [2.24, 2.45) is 5.92 Å². The molecular formula is C14H17ClN2O2. The van der Waals surface area contributed by atoms with Gasteiger partial charge in [-0.3, -0.25) is 9.78 Å². The molecule has 1 fully saturated rings. The van der Waals surface area contributed by atoms with Gasteiger partial charge in [-0.25, -0.2) is 0 Å². The highest BCUT2D eigenvalue weighted by Gasteiger charge is 2.39. The van der Waals surface area contributed by atoms with Gasteiger partial charge in [0.25, 0.3) is 0 Å². The molecule has 2 unspecified atom stereocenters. The molecule has 1 aromatic heterocycles. The number of rotatable bonds is 2. The third-order valence-electron chi connectivity index (χ3n) is 4.03. The Hall–Kier alpha value is -1.13. The van der Waals surface area contributed by atoms with E-state index in [1.807, 2.05) is 13.0 Å². The molecule has 102 valence electrons. The van der Waals surface area contributed by atoms with Gasteiger partial charge in [-0.15, -0.1) is 0 Å². The van der Waals surface area contributed by atoms with E-state index < -0.39 is 0 Å². The van der Waals surface area contributed by atoms with E-state index in [1.54, 1.807) is 6.20 Å². The van der Waals surface area contributed by atoms with Crippen molar-refractivity contribution in [3.05, 3.63) is 23.0 Å². The summed E-state index contributed by atoms with van der Waals surface area (Å²) >= 11 is 6.05. The largest absolute Gasteiger partial charge is 0.377 e. The third kappa shape index (κ3) is 2.23. The average Bonchev–Trinajstić information content (AvgIpc) is 2.46. The number of aromatic nitrogens is 1. The summed E-state index contributed by atoms with van der Waals surface area (Å²) < 4.78 is 5.56. The quantitative estimate of drug-likeness (QED) is 0.832. The van der Waals surface area contributed by atoms with E-state index in [2.05, 4.69) is 9.88 Å². The van der Waals surface area contributed by atoms with Crippen LogP contribution in [0.2, 0.25) is 5.02 Å². The van der Waals surface area contributed by atoms with Gasteiger partial charge in [0.1, 0.15) is 5.78 Å². The van der Waals surface area contributed by atoms with E-state index in [-0.39, 0.29) is 12.0 Å². The maximum Gasteiger partial charge on any atom is 0.138 e. The number of morpholine rings is 1. The minimum absolute atomic E-state index is 0.00789. The Kier molecular flexibility index (Phi) is 3.46. The van der Waals surface area contributed by atoms with E-state index >= 15 is 0 Å². The second-order valence-corrected chi connectivity index (χ2v) is 5.52. The van der Waals surface area contributed by atoms with Crippen LogP contribution in [0.4, 0.5) is 5.69 Å². The molecule has 2 aliphatic rings. The summed E-state index contributed by atoms with van der Waals surface area (Å²) in [5.74, 6) is 0.286. The smallest absolute Gasteiger partial charge is 0.138 e. The Balaban J connectivity index is 2.01. The van der Waals surface area contributed by atoms with Crippen molar-refractivity contribution >= 4 is 23.1 Å². The monoisotopic (exact) mass is 280 g/mol. The highest BCUT2D eigenvalue weighted by atomic mass is 35.5. The number of fused-ring (bicyclic) bond motifs is 3. The number of carbonyl (C=O) groups excluding carboxylic acids is 1. The van der Waals surface area contributed by atoms with Crippen molar-refractivity contribution in [1.29, 1.82) is 0 Å². The summed E-state index contributed by atoms with van der Waals surface area (Å²) in [5.41, 5.74) is 2.05. The third-order valence-corrected chi connectivity index (χ3v) is 4.24. The number of hydrogen-bond acceptors (Lipinski definition) is 4. The number of hydrogen-bond donors (Lipinski definition) is 0. The SMILES string of the molecule is CCC(=O)C1Cc2ncc(Cl)cc2N2CCOCC12. The Morgan fingerprint density at radius 3 is 3.26 bits per heavy atom. The van der Waals surface area contributed by atoms with Gasteiger partial charge in [0.05, 0.1) is 35.7 Å². The van der Waals surface area contributed by atoms with E-state index in [9.17, 15) is 4.79 Å². The van der Waals surface area contributed by atoms with Gasteiger partial charge in [-0.2, -0.15) is 0 Å². The van der Waals surface area contributed by atoms with E-state index in [0.717, 1.165) is 17.9 Å². The summed E-state index contributed by atoms with van der Waals surface area (Å²) in [5, 5.41) is 0.643. The standard InChI is InChI=1S/C14H17ClN2O2/c1-2-14(18)10-6-11-12(5-9(15)7-16-11)17-3-4-19-8-13(10)17/h5,7,10,13H,2-4,6,8H2,1H3. The van der Waals surface area contributed by atoms with Crippen LogP contribution in [0.5, 0.6) is 0 Å². The molecule has 0 radical (unpaired) electrons. The number of anilines is 1. The zero-order chi connectivity index (χ0) is 13.4. The van der Waals surface area contributed by atoms with Gasteiger partial charge in [-0.1, -0.05) is 18.5 Å². The molecule has 0 aromatic carbocycles. The first-order valence-corrected chi connectivity index (χ1v) is 7.10. The minimum Gasteiger partial charge on any atom is -0.377 e. The lowest BCUT2D eigenvalue weighted by atomic mass is 9.83. The molecule has 1 aromatic rings. The van der Waals surface area contributed by atoms with Crippen molar-refractivity contribution in [2.75, 3.05) is 24.7 Å². The summed E-state index contributed by atoms with van der Waals surface area (Å²) in [7, 11) is 0. The van der Waals surface area contributed by atoms with Crippen molar-refractivity contribution in [3.8, 4) is 0 Å². The molecule has 19 heavy (non-hydrogen) atoms. The first-order valence-electron chi connectivity index (χ1n) is 6.72. The lowest BCUT2D eigenvalue weighted by molar-refractivity contribution is -0.124. The fourth-order valence-corrected chi connectivity index (χ4v) is 3.21. The number of halogens is 1. The zero-order valence-electron chi connectivity index (χ0n) is 10.9. The highest BCUT2D eigenvalue weighted by molar-refractivity contribution is 6.30. The number of ketones is 1. The molecule has 3 heterocycles. The fraction of sp³-hybridized carbons (Fsp3) is 0.571. The average molecular weight is 281 g/mol. The summed E-state index contributed by atoms with van der Waals surface area (Å²) in [6, 6.07) is 2.09. The summed E-state index contributed by atoms with van der Waals surface area (Å²) in [6.07, 6.45) is 2.93. The number of ether oxygens (including phenoxy) is 1. The van der Waals surface area contributed by atoms with Crippen LogP contribution in [0.15, 0.2) is 12.3 Å². The van der Waals surface area contributed by atoms with Gasteiger partial charge < -0.3 is 9.64 Å². The zero-order valence-corrected chi connectivity index (χ0v) is 11.7. The van der Waals surface area contributed by atoms with Gasteiger partial charge in [0, 0.05) is 31.5 Å². The molecular weight excluding hydrogens is 264 g/mol. The minimum atomic E-state index is -0.00789. The van der Waals surface area contributed by atoms with Gasteiger partial charge >= 0.3 is 0 Å². The van der Waals surface area contributed by atoms with Crippen molar-refractivity contribution < 1.29 is 9.53 Å². The van der Waals surface area contributed by atoms with Crippen LogP contribution in [0, 0.1) is 5.92 Å². The summed E-state index contributed by atoms with van der Waals surface area (Å²) in [4.78, 5) is 18.8. The molecule has 0 aliphatic carbocycles. The van der Waals surface area contributed by atoms with E-state index in [0.29, 0.717) is 36.9 Å². The predicted octanol–water partition coefficient (Wildman–Crippen LogP) is 2.09. The van der Waals surface area contributed by atoms with Crippen molar-refractivity contribution in [2.45, 2.75) is 25.8 Å². The fourth-order valence-electron chi connectivity index (χ4n) is 3.05. The number of nitrogens with zero attached hydrogens (tertiary/aromatic N) is 2. The molecule has 0 saturated carbocycles. The molecule has 2 atom stereocenters. The molecule has 2 aliphatic heterocycles. The molecule has 1 saturated heterocycles. The van der Waals surface area contributed by atoms with Crippen molar-refractivity contribution in [3.63, 3.8) is 0 Å². The normalized spacial score (nSPS) is 25.7. The van der Waals surface area contributed by atoms with Crippen LogP contribution in [0.25, 0.3) is 0 Å². The number of Topliss-reactive ketones (excluding diaryl/α,β-unsaturated/α-hetero) is 1. The van der Waals surface area contributed by atoms with Crippen LogP contribution in [0.1, 0.15) is 19.0 Å². The lowest BCUT2D eigenvalue weighted by Crippen LogP contribution is -2.55. The van der Waals surface area contributed by atoms with Crippen LogP contribution >= 0.6 is 11.6 Å². The van der Waals surface area contributed by atoms with Crippen LogP contribution in [-0.2, 0) is 16.0 Å². The Morgan fingerprint density at radius 2 is 2.47 bits per heavy atom. The number of pyridine rings is 1. The van der Waals surface area contributed by atoms with Crippen LogP contribution < -0.4 is 4.90 Å². The molecule has 0 spiro atoms. The van der Waals surface area contributed by atoms with Gasteiger partial charge in [-0.05, 0) is 6.07 Å². The molecule has 5 heteroatoms. The van der Waals surface area contributed by atoms with E-state index in [1.165, 1.54) is 0 Å². The van der Waals surface area contributed by atoms with Crippen LogP contribution in [-0.4, -0.2) is 36.6 Å². The molecule has 3 rings (SSSR count). The van der Waals surface area contributed by atoms with Gasteiger partial charge in [0.2, 0.25) is 0 Å². The van der Waals surface area contributed by atoms with E-state index in [4.69, 9.17) is 16.3 Å². The molecule has 0 amide bonds. The topological polar surface area (TPSA) is 42.4 Å². The maximum atomic E-state index is 12.2. The second kappa shape index (κ2) is 5.10. The first kappa shape index (κ1) is 12.9. The maximum absolute atomic E-state index is 12.2. The Morgan fingerprint density at radius 1 is 1.63 bits per heavy atom. The second-order valence-electron chi connectivity index (χ2n) is 5.09.